The van der Waals surface area contributed by atoms with Crippen molar-refractivity contribution in [1.29, 1.82) is 0 Å². The molecule has 5 nitrogen and oxygen atoms in total. The van der Waals surface area contributed by atoms with Gasteiger partial charge in [-0.1, -0.05) is 45.9 Å². The largest absolute Gasteiger partial charge is 0.367 e. The SMILES string of the molecule is CC=C/C(CC)=C(/C(=O)CC)N(C)Cc1cc(C(C(=O)C(C)C)N(C)C)cc2nc(C)sc12. The van der Waals surface area contributed by atoms with Gasteiger partial charge in [0.1, 0.15) is 0 Å². The third-order valence-electron chi connectivity index (χ3n) is 5.79. The second kappa shape index (κ2) is 11.7. The molecule has 0 N–H and O–H groups in total. The first kappa shape index (κ1) is 26.9. The van der Waals surface area contributed by atoms with Gasteiger partial charge < -0.3 is 4.90 Å². The molecule has 1 unspecified atom stereocenters. The Hall–Kier alpha value is -2.31. The van der Waals surface area contributed by atoms with Crippen LogP contribution in [0.5, 0.6) is 0 Å². The molecule has 1 heterocycles. The molecule has 2 aromatic rings. The maximum atomic E-state index is 13.1. The summed E-state index contributed by atoms with van der Waals surface area (Å²) in [4.78, 5) is 34.8. The number of carbonyl (C=O) groups excluding carboxylic acids is 2. The minimum absolute atomic E-state index is 0.0685. The maximum Gasteiger partial charge on any atom is 0.178 e. The van der Waals surface area contributed by atoms with E-state index in [2.05, 4.69) is 24.0 Å². The van der Waals surface area contributed by atoms with Gasteiger partial charge >= 0.3 is 0 Å². The smallest absolute Gasteiger partial charge is 0.178 e. The number of nitrogens with zero attached hydrogens (tertiary/aromatic N) is 3. The van der Waals surface area contributed by atoms with Crippen molar-refractivity contribution < 1.29 is 9.59 Å². The van der Waals surface area contributed by atoms with Crippen LogP contribution < -0.4 is 0 Å². The molecule has 0 fully saturated rings. The van der Waals surface area contributed by atoms with E-state index in [1.165, 1.54) is 0 Å². The van der Waals surface area contributed by atoms with Gasteiger partial charge in [-0.2, -0.15) is 0 Å². The second-order valence-electron chi connectivity index (χ2n) is 9.04. The number of aryl methyl sites for hydroxylation is 1. The molecule has 180 valence electrons. The van der Waals surface area contributed by atoms with Crippen LogP contribution in [0.25, 0.3) is 10.2 Å². The van der Waals surface area contributed by atoms with E-state index in [0.717, 1.165) is 44.0 Å². The highest BCUT2D eigenvalue weighted by atomic mass is 32.1. The van der Waals surface area contributed by atoms with Crippen molar-refractivity contribution in [3.05, 3.63) is 51.7 Å². The molecule has 6 heteroatoms. The summed E-state index contributed by atoms with van der Waals surface area (Å²) in [5, 5.41) is 0.992. The third kappa shape index (κ3) is 6.18. The number of hydrogen-bond donors (Lipinski definition) is 0. The van der Waals surface area contributed by atoms with E-state index in [0.29, 0.717) is 13.0 Å². The monoisotopic (exact) mass is 469 g/mol. The molecule has 0 spiro atoms. The Labute approximate surface area is 203 Å². The summed E-state index contributed by atoms with van der Waals surface area (Å²) < 4.78 is 1.12. The highest BCUT2D eigenvalue weighted by molar-refractivity contribution is 7.18. The van der Waals surface area contributed by atoms with Gasteiger partial charge in [-0.25, -0.2) is 4.98 Å². The van der Waals surface area contributed by atoms with Crippen LogP contribution in [0.3, 0.4) is 0 Å². The van der Waals surface area contributed by atoms with E-state index in [1.54, 1.807) is 11.3 Å². The van der Waals surface area contributed by atoms with Crippen molar-refractivity contribution in [2.24, 2.45) is 5.92 Å². The molecule has 0 amide bonds. The van der Waals surface area contributed by atoms with Gasteiger partial charge in [0.25, 0.3) is 0 Å². The third-order valence-corrected chi connectivity index (χ3v) is 6.86. The number of carbonyl (C=O) groups is 2. The van der Waals surface area contributed by atoms with E-state index < -0.39 is 0 Å². The standard InChI is InChI=1S/C27H39N3O2S/c1-10-13-19(11-2)24(23(31)12-3)30(9)16-21-14-20(15-22-27(21)33-18(6)28-22)25(29(7)8)26(32)17(4)5/h10,13-15,17,25H,11-12,16H2,1-9H3/b13-10?,24-19-. The lowest BCUT2D eigenvalue weighted by atomic mass is 9.93. The lowest BCUT2D eigenvalue weighted by molar-refractivity contribution is -0.126. The van der Waals surface area contributed by atoms with E-state index >= 15 is 0 Å². The molecule has 1 aromatic carbocycles. The number of benzene rings is 1. The molecule has 0 radical (unpaired) electrons. The number of fused-ring (bicyclic) bond motifs is 1. The lowest BCUT2D eigenvalue weighted by Gasteiger charge is -2.27. The lowest BCUT2D eigenvalue weighted by Crippen LogP contribution is -2.31. The maximum absolute atomic E-state index is 13.1. The van der Waals surface area contributed by atoms with Crippen molar-refractivity contribution in [3.8, 4) is 0 Å². The molecule has 0 saturated carbocycles. The van der Waals surface area contributed by atoms with Crippen molar-refractivity contribution in [3.63, 3.8) is 0 Å². The highest BCUT2D eigenvalue weighted by Gasteiger charge is 2.27. The average Bonchev–Trinajstić information content (AvgIpc) is 3.13. The van der Waals surface area contributed by atoms with Crippen LogP contribution in [0.1, 0.15) is 69.6 Å². The number of ketones is 2. The number of hydrogen-bond acceptors (Lipinski definition) is 6. The Kier molecular flexibility index (Phi) is 9.56. The van der Waals surface area contributed by atoms with Crippen LogP contribution >= 0.6 is 11.3 Å². The number of aromatic nitrogens is 1. The fourth-order valence-electron chi connectivity index (χ4n) is 4.25. The molecule has 0 aliphatic carbocycles. The average molecular weight is 470 g/mol. The molecule has 0 aliphatic heterocycles. The second-order valence-corrected chi connectivity index (χ2v) is 10.2. The summed E-state index contributed by atoms with van der Waals surface area (Å²) in [5.41, 5.74) is 4.77. The molecular weight excluding hydrogens is 430 g/mol. The van der Waals surface area contributed by atoms with Crippen molar-refractivity contribution >= 4 is 33.1 Å². The zero-order chi connectivity index (χ0) is 24.9. The summed E-state index contributed by atoms with van der Waals surface area (Å²) in [6.45, 7) is 12.4. The first-order valence-corrected chi connectivity index (χ1v) is 12.6. The van der Waals surface area contributed by atoms with Crippen LogP contribution in [0, 0.1) is 12.8 Å². The fraction of sp³-hybridized carbons (Fsp3) is 0.519. The Morgan fingerprint density at radius 3 is 2.30 bits per heavy atom. The van der Waals surface area contributed by atoms with E-state index in [1.807, 2.05) is 72.8 Å². The van der Waals surface area contributed by atoms with Crippen LogP contribution in [-0.4, -0.2) is 47.5 Å². The molecule has 0 bridgehead atoms. The predicted octanol–water partition coefficient (Wildman–Crippen LogP) is 6.08. The summed E-state index contributed by atoms with van der Waals surface area (Å²) in [5.74, 6) is 0.260. The first-order chi connectivity index (χ1) is 15.5. The number of likely N-dealkylation sites (N-methyl/N-ethyl adjacent to an activating group) is 2. The van der Waals surface area contributed by atoms with Crippen LogP contribution in [0.2, 0.25) is 0 Å². The van der Waals surface area contributed by atoms with Crippen LogP contribution in [0.4, 0.5) is 0 Å². The summed E-state index contributed by atoms with van der Waals surface area (Å²) in [7, 11) is 5.87. The summed E-state index contributed by atoms with van der Waals surface area (Å²) in [6, 6.07) is 3.86. The van der Waals surface area contributed by atoms with Gasteiger partial charge in [-0.15, -0.1) is 11.3 Å². The van der Waals surface area contributed by atoms with Gasteiger partial charge in [0.15, 0.2) is 11.6 Å². The molecule has 2 rings (SSSR count). The van der Waals surface area contributed by atoms with E-state index in [9.17, 15) is 9.59 Å². The van der Waals surface area contributed by atoms with E-state index in [-0.39, 0.29) is 23.5 Å². The van der Waals surface area contributed by atoms with E-state index in [4.69, 9.17) is 4.98 Å². The van der Waals surface area contributed by atoms with Crippen LogP contribution in [-0.2, 0) is 16.1 Å². The van der Waals surface area contributed by atoms with Gasteiger partial charge in [0, 0.05) is 25.9 Å². The van der Waals surface area contributed by atoms with Gasteiger partial charge in [-0.3, -0.25) is 14.5 Å². The first-order valence-electron chi connectivity index (χ1n) is 11.8. The molecule has 1 aromatic heterocycles. The minimum Gasteiger partial charge on any atom is -0.367 e. The number of rotatable bonds is 11. The molecular formula is C27H39N3O2S. The quantitative estimate of drug-likeness (QED) is 0.295. The van der Waals surface area contributed by atoms with Crippen LogP contribution in [0.15, 0.2) is 35.6 Å². The van der Waals surface area contributed by atoms with Crippen molar-refractivity contribution in [2.75, 3.05) is 21.1 Å². The summed E-state index contributed by atoms with van der Waals surface area (Å²) in [6.07, 6.45) is 5.27. The molecule has 33 heavy (non-hydrogen) atoms. The number of Topliss-reactive ketones (excluding diaryl/α,β-unsaturated/α-hetero) is 2. The molecule has 1 atom stereocenters. The summed E-state index contributed by atoms with van der Waals surface area (Å²) >= 11 is 1.66. The van der Waals surface area contributed by atoms with Gasteiger partial charge in [-0.05, 0) is 57.1 Å². The zero-order valence-electron chi connectivity index (χ0n) is 21.7. The normalized spacial score (nSPS) is 13.8. The predicted molar refractivity (Wildman–Crippen MR) is 140 cm³/mol. The highest BCUT2D eigenvalue weighted by Crippen LogP contribution is 2.33. The molecule has 0 aliphatic rings. The fourth-order valence-corrected chi connectivity index (χ4v) is 5.15. The number of thiazole rings is 1. The van der Waals surface area contributed by atoms with Gasteiger partial charge in [0.05, 0.1) is 27.0 Å². The Bertz CT molecular complexity index is 1060. The van der Waals surface area contributed by atoms with Crippen molar-refractivity contribution in [2.45, 2.75) is 67.0 Å². The topological polar surface area (TPSA) is 53.5 Å². The van der Waals surface area contributed by atoms with Crippen molar-refractivity contribution in [1.82, 2.24) is 14.8 Å². The Morgan fingerprint density at radius 2 is 1.79 bits per heavy atom. The zero-order valence-corrected chi connectivity index (χ0v) is 22.5. The minimum atomic E-state index is -0.332. The Balaban J connectivity index is 2.66. The Morgan fingerprint density at radius 1 is 1.12 bits per heavy atom. The number of allylic oxidation sites excluding steroid dienone is 4. The van der Waals surface area contributed by atoms with Gasteiger partial charge in [0.2, 0.25) is 0 Å². The molecule has 0 saturated heterocycles.